The number of fused-ring (bicyclic) bond motifs is 1. The van der Waals surface area contributed by atoms with Gasteiger partial charge in [0.2, 0.25) is 0 Å². The molecule has 1 N–H and O–H groups in total. The van der Waals surface area contributed by atoms with E-state index in [-0.39, 0.29) is 5.91 Å². The number of ether oxygens (including phenoxy) is 1. The minimum atomic E-state index is -0.145. The highest BCUT2D eigenvalue weighted by Crippen LogP contribution is 2.27. The lowest BCUT2D eigenvalue weighted by atomic mass is 10.1. The van der Waals surface area contributed by atoms with Crippen LogP contribution in [0.3, 0.4) is 0 Å². The Morgan fingerprint density at radius 2 is 1.79 bits per heavy atom. The molecule has 0 saturated carbocycles. The highest BCUT2D eigenvalue weighted by molar-refractivity contribution is 7.19. The summed E-state index contributed by atoms with van der Waals surface area (Å²) in [5, 5.41) is 2.97. The number of aryl methyl sites for hydroxylation is 1. The maximum atomic E-state index is 12.9. The van der Waals surface area contributed by atoms with Crippen LogP contribution in [-0.2, 0) is 6.54 Å². The van der Waals surface area contributed by atoms with E-state index in [1.165, 1.54) is 17.7 Å². The molecule has 164 valence electrons. The van der Waals surface area contributed by atoms with Crippen molar-refractivity contribution in [1.82, 2.24) is 24.7 Å². The summed E-state index contributed by atoms with van der Waals surface area (Å²) < 4.78 is 7.17. The first kappa shape index (κ1) is 20.8. The molecule has 0 spiro atoms. The summed E-state index contributed by atoms with van der Waals surface area (Å²) in [6, 6.07) is 19.5. The summed E-state index contributed by atoms with van der Waals surface area (Å²) in [7, 11) is 1.63. The lowest BCUT2D eigenvalue weighted by Gasteiger charge is -2.07. The van der Waals surface area contributed by atoms with Crippen LogP contribution in [0.15, 0.2) is 73.2 Å². The first-order valence-electron chi connectivity index (χ1n) is 10.4. The van der Waals surface area contributed by atoms with Crippen molar-refractivity contribution in [2.45, 2.75) is 13.5 Å². The van der Waals surface area contributed by atoms with E-state index in [2.05, 4.69) is 15.3 Å². The molecule has 7 nitrogen and oxygen atoms in total. The molecule has 1 amide bonds. The Bertz CT molecular complexity index is 1420. The van der Waals surface area contributed by atoms with Crippen LogP contribution < -0.4 is 10.1 Å². The average molecular weight is 456 g/mol. The van der Waals surface area contributed by atoms with Crippen LogP contribution in [0.1, 0.15) is 21.1 Å². The smallest absolute Gasteiger partial charge is 0.263 e. The van der Waals surface area contributed by atoms with Gasteiger partial charge in [0.15, 0.2) is 4.96 Å². The summed E-state index contributed by atoms with van der Waals surface area (Å²) in [4.78, 5) is 27.7. The van der Waals surface area contributed by atoms with Gasteiger partial charge in [-0.15, -0.1) is 0 Å². The SMILES string of the molecule is COc1ccc(-c2cc(CNC(=O)c3sc4nc(-c5ccccc5)cn4c3C)ncn2)cc1. The second-order valence-electron chi connectivity index (χ2n) is 7.47. The Labute approximate surface area is 194 Å². The van der Waals surface area contributed by atoms with Gasteiger partial charge in [-0.3, -0.25) is 9.20 Å². The zero-order valence-electron chi connectivity index (χ0n) is 18.1. The van der Waals surface area contributed by atoms with Gasteiger partial charge in [0.25, 0.3) is 5.91 Å². The molecule has 0 aliphatic carbocycles. The number of carbonyl (C=O) groups is 1. The average Bonchev–Trinajstić information content (AvgIpc) is 3.43. The maximum Gasteiger partial charge on any atom is 0.263 e. The van der Waals surface area contributed by atoms with Crippen LogP contribution in [-0.4, -0.2) is 32.4 Å². The Morgan fingerprint density at radius 1 is 1.03 bits per heavy atom. The molecule has 8 heteroatoms. The van der Waals surface area contributed by atoms with E-state index < -0.39 is 0 Å². The lowest BCUT2D eigenvalue weighted by molar-refractivity contribution is 0.0953. The molecule has 0 aliphatic heterocycles. The summed E-state index contributed by atoms with van der Waals surface area (Å²) >= 11 is 1.38. The second-order valence-corrected chi connectivity index (χ2v) is 8.44. The minimum absolute atomic E-state index is 0.145. The molecule has 0 fully saturated rings. The Balaban J connectivity index is 1.31. The fourth-order valence-electron chi connectivity index (χ4n) is 3.57. The molecule has 0 saturated heterocycles. The lowest BCUT2D eigenvalue weighted by Crippen LogP contribution is -2.23. The third kappa shape index (κ3) is 4.20. The number of aromatic nitrogens is 4. The number of hydrogen-bond acceptors (Lipinski definition) is 6. The fourth-order valence-corrected chi connectivity index (χ4v) is 4.60. The fraction of sp³-hybridized carbons (Fsp3) is 0.120. The molecule has 3 aromatic heterocycles. The number of methoxy groups -OCH3 is 1. The van der Waals surface area contributed by atoms with E-state index in [0.29, 0.717) is 11.4 Å². The van der Waals surface area contributed by atoms with Crippen molar-refractivity contribution in [2.75, 3.05) is 7.11 Å². The minimum Gasteiger partial charge on any atom is -0.497 e. The van der Waals surface area contributed by atoms with Gasteiger partial charge in [-0.25, -0.2) is 15.0 Å². The number of hydrogen-bond donors (Lipinski definition) is 1. The number of nitrogens with one attached hydrogen (secondary N) is 1. The third-order valence-corrected chi connectivity index (χ3v) is 6.53. The van der Waals surface area contributed by atoms with E-state index in [9.17, 15) is 4.79 Å². The summed E-state index contributed by atoms with van der Waals surface area (Å²) in [5.41, 5.74) is 5.28. The highest BCUT2D eigenvalue weighted by Gasteiger charge is 2.18. The van der Waals surface area contributed by atoms with E-state index in [4.69, 9.17) is 9.72 Å². The van der Waals surface area contributed by atoms with Gasteiger partial charge in [0.05, 0.1) is 30.7 Å². The van der Waals surface area contributed by atoms with Crippen molar-refractivity contribution < 1.29 is 9.53 Å². The zero-order valence-corrected chi connectivity index (χ0v) is 19.0. The van der Waals surface area contributed by atoms with E-state index in [0.717, 1.165) is 44.6 Å². The predicted octanol–water partition coefficient (Wildman–Crippen LogP) is 4.77. The number of thiazole rings is 1. The van der Waals surface area contributed by atoms with Crippen LogP contribution in [0.2, 0.25) is 0 Å². The Hall–Kier alpha value is -4.04. The molecule has 5 aromatic rings. The van der Waals surface area contributed by atoms with Crippen molar-refractivity contribution in [3.05, 3.63) is 89.5 Å². The molecular weight excluding hydrogens is 434 g/mol. The molecular formula is C25H21N5O2S. The first-order chi connectivity index (χ1) is 16.1. The molecule has 5 rings (SSSR count). The first-order valence-corrected chi connectivity index (χ1v) is 11.2. The van der Waals surface area contributed by atoms with Crippen LogP contribution in [0.5, 0.6) is 5.75 Å². The van der Waals surface area contributed by atoms with Crippen molar-refractivity contribution in [3.8, 4) is 28.3 Å². The molecule has 0 radical (unpaired) electrons. The number of imidazole rings is 1. The van der Waals surface area contributed by atoms with Gasteiger partial charge in [-0.05, 0) is 37.3 Å². The molecule has 0 bridgehead atoms. The second kappa shape index (κ2) is 8.84. The van der Waals surface area contributed by atoms with Gasteiger partial charge in [-0.2, -0.15) is 0 Å². The van der Waals surface area contributed by atoms with Crippen LogP contribution in [0.25, 0.3) is 27.5 Å². The van der Waals surface area contributed by atoms with E-state index in [1.807, 2.05) is 78.2 Å². The topological polar surface area (TPSA) is 81.4 Å². The van der Waals surface area contributed by atoms with Gasteiger partial charge in [0.1, 0.15) is 17.0 Å². The molecule has 3 heterocycles. The van der Waals surface area contributed by atoms with E-state index >= 15 is 0 Å². The van der Waals surface area contributed by atoms with Gasteiger partial charge in [0, 0.05) is 23.0 Å². The third-order valence-electron chi connectivity index (χ3n) is 5.37. The molecule has 2 aromatic carbocycles. The summed E-state index contributed by atoms with van der Waals surface area (Å²) in [6.07, 6.45) is 3.48. The summed E-state index contributed by atoms with van der Waals surface area (Å²) in [6.45, 7) is 2.24. The molecule has 0 aliphatic rings. The molecule has 33 heavy (non-hydrogen) atoms. The molecule has 0 atom stereocenters. The van der Waals surface area contributed by atoms with Crippen LogP contribution in [0, 0.1) is 6.92 Å². The van der Waals surface area contributed by atoms with E-state index in [1.54, 1.807) is 7.11 Å². The van der Waals surface area contributed by atoms with Gasteiger partial charge >= 0.3 is 0 Å². The largest absolute Gasteiger partial charge is 0.497 e. The quantitative estimate of drug-likeness (QED) is 0.399. The maximum absolute atomic E-state index is 12.9. The monoisotopic (exact) mass is 455 g/mol. The van der Waals surface area contributed by atoms with Crippen LogP contribution in [0.4, 0.5) is 0 Å². The highest BCUT2D eigenvalue weighted by atomic mass is 32.1. The zero-order chi connectivity index (χ0) is 22.8. The molecule has 0 unspecified atom stereocenters. The number of rotatable bonds is 6. The Morgan fingerprint density at radius 3 is 2.52 bits per heavy atom. The number of amides is 1. The Kier molecular flexibility index (Phi) is 5.58. The number of carbonyl (C=O) groups excluding carboxylic acids is 1. The van der Waals surface area contributed by atoms with Gasteiger partial charge in [-0.1, -0.05) is 41.7 Å². The predicted molar refractivity (Wildman–Crippen MR) is 128 cm³/mol. The number of nitrogens with zero attached hydrogens (tertiary/aromatic N) is 4. The standard InChI is InChI=1S/C25H21N5O2S/c1-16-23(33-25-29-22(14-30(16)25)17-6-4-3-5-7-17)24(31)26-13-19-12-21(28-15-27-19)18-8-10-20(32-2)11-9-18/h3-12,14-15H,13H2,1-2H3,(H,26,31). The van der Waals surface area contributed by atoms with Crippen LogP contribution >= 0.6 is 11.3 Å². The van der Waals surface area contributed by atoms with Crippen molar-refractivity contribution in [3.63, 3.8) is 0 Å². The summed E-state index contributed by atoms with van der Waals surface area (Å²) in [5.74, 6) is 0.641. The van der Waals surface area contributed by atoms with Crippen molar-refractivity contribution >= 4 is 22.2 Å². The van der Waals surface area contributed by atoms with Crippen molar-refractivity contribution in [1.29, 1.82) is 0 Å². The van der Waals surface area contributed by atoms with Gasteiger partial charge < -0.3 is 10.1 Å². The normalized spacial score (nSPS) is 11.0. The van der Waals surface area contributed by atoms with Crippen molar-refractivity contribution in [2.24, 2.45) is 0 Å². The number of benzene rings is 2.